The summed E-state index contributed by atoms with van der Waals surface area (Å²) in [4.78, 5) is 23.4. The molecule has 0 heterocycles. The van der Waals surface area contributed by atoms with Crippen LogP contribution in [0.25, 0.3) is 0 Å². The summed E-state index contributed by atoms with van der Waals surface area (Å²) in [5.74, 6) is -1.33. The van der Waals surface area contributed by atoms with E-state index in [0.717, 1.165) is 6.42 Å². The van der Waals surface area contributed by atoms with E-state index in [2.05, 4.69) is 5.32 Å². The minimum absolute atomic E-state index is 0.0188. The minimum atomic E-state index is -0.913. The molecular formula is C14H17FN2O2. The van der Waals surface area contributed by atoms with Crippen molar-refractivity contribution < 1.29 is 14.0 Å². The molecule has 4 nitrogen and oxygen atoms in total. The molecule has 0 saturated heterocycles. The van der Waals surface area contributed by atoms with Crippen LogP contribution in [-0.4, -0.2) is 11.8 Å². The summed E-state index contributed by atoms with van der Waals surface area (Å²) >= 11 is 0. The summed E-state index contributed by atoms with van der Waals surface area (Å²) in [7, 11) is 0. The Bertz CT molecular complexity index is 511. The molecule has 3 N–H and O–H groups in total. The number of hydrogen-bond donors (Lipinski definition) is 2. The van der Waals surface area contributed by atoms with Crippen LogP contribution in [-0.2, 0) is 9.59 Å². The van der Waals surface area contributed by atoms with Crippen molar-refractivity contribution in [2.24, 2.45) is 17.1 Å². The molecule has 19 heavy (non-hydrogen) atoms. The zero-order valence-electron chi connectivity index (χ0n) is 10.9. The first kappa shape index (κ1) is 13.5. The number of primary amides is 1. The lowest BCUT2D eigenvalue weighted by atomic mass is 10.0. The van der Waals surface area contributed by atoms with Gasteiger partial charge in [-0.25, -0.2) is 4.39 Å². The number of nitrogens with two attached hydrogens (primary N) is 1. The Morgan fingerprint density at radius 2 is 1.89 bits per heavy atom. The summed E-state index contributed by atoms with van der Waals surface area (Å²) in [6.45, 7) is 3.99. The van der Waals surface area contributed by atoms with E-state index in [-0.39, 0.29) is 17.2 Å². The summed E-state index contributed by atoms with van der Waals surface area (Å²) in [5.41, 5.74) is 5.76. The van der Waals surface area contributed by atoms with E-state index in [0.29, 0.717) is 5.56 Å². The predicted octanol–water partition coefficient (Wildman–Crippen LogP) is 1.51. The molecule has 0 radical (unpaired) electrons. The fraction of sp³-hybridized carbons (Fsp3) is 0.429. The number of carbonyl (C=O) groups is 2. The average molecular weight is 264 g/mol. The molecule has 5 heteroatoms. The number of hydrogen-bond acceptors (Lipinski definition) is 2. The van der Waals surface area contributed by atoms with Gasteiger partial charge < -0.3 is 11.1 Å². The van der Waals surface area contributed by atoms with Crippen molar-refractivity contribution in [3.63, 3.8) is 0 Å². The smallest absolute Gasteiger partial charge is 0.244 e. The molecule has 0 spiro atoms. The molecule has 0 aromatic heterocycles. The summed E-state index contributed by atoms with van der Waals surface area (Å²) in [6.07, 6.45) is 0.799. The molecule has 1 aliphatic rings. The highest BCUT2D eigenvalue weighted by Crippen LogP contribution is 2.51. The minimum Gasteiger partial charge on any atom is -0.368 e. The van der Waals surface area contributed by atoms with Crippen molar-refractivity contribution in [2.45, 2.75) is 26.3 Å². The van der Waals surface area contributed by atoms with E-state index in [1.54, 1.807) is 0 Å². The van der Waals surface area contributed by atoms with Crippen LogP contribution in [0.3, 0.4) is 0 Å². The van der Waals surface area contributed by atoms with Gasteiger partial charge in [0.05, 0.1) is 0 Å². The summed E-state index contributed by atoms with van der Waals surface area (Å²) in [5, 5.41) is 2.63. The lowest BCUT2D eigenvalue weighted by Crippen LogP contribution is -2.38. The maximum Gasteiger partial charge on any atom is 0.244 e. The number of benzene rings is 1. The maximum absolute atomic E-state index is 12.9. The van der Waals surface area contributed by atoms with Crippen LogP contribution < -0.4 is 11.1 Å². The van der Waals surface area contributed by atoms with Crippen molar-refractivity contribution in [3.05, 3.63) is 35.6 Å². The van der Waals surface area contributed by atoms with E-state index < -0.39 is 17.8 Å². The second kappa shape index (κ2) is 4.64. The topological polar surface area (TPSA) is 72.2 Å². The van der Waals surface area contributed by atoms with E-state index >= 15 is 0 Å². The van der Waals surface area contributed by atoms with Gasteiger partial charge in [-0.15, -0.1) is 0 Å². The average Bonchev–Trinajstić information content (AvgIpc) is 2.96. The highest BCUT2D eigenvalue weighted by atomic mass is 19.1. The van der Waals surface area contributed by atoms with Gasteiger partial charge in [0.1, 0.15) is 11.9 Å². The first-order valence-electron chi connectivity index (χ1n) is 6.16. The molecule has 0 aliphatic heterocycles. The molecule has 1 aliphatic carbocycles. The second-order valence-corrected chi connectivity index (χ2v) is 5.64. The van der Waals surface area contributed by atoms with Gasteiger partial charge in [0, 0.05) is 5.92 Å². The van der Waals surface area contributed by atoms with Gasteiger partial charge in [-0.1, -0.05) is 26.0 Å². The quantitative estimate of drug-likeness (QED) is 0.865. The van der Waals surface area contributed by atoms with Crippen molar-refractivity contribution in [1.29, 1.82) is 0 Å². The zero-order valence-corrected chi connectivity index (χ0v) is 10.9. The van der Waals surface area contributed by atoms with Crippen LogP contribution in [0.5, 0.6) is 0 Å². The summed E-state index contributed by atoms with van der Waals surface area (Å²) < 4.78 is 12.9. The largest absolute Gasteiger partial charge is 0.368 e. The Kier molecular flexibility index (Phi) is 3.30. The monoisotopic (exact) mass is 264 g/mol. The van der Waals surface area contributed by atoms with Gasteiger partial charge >= 0.3 is 0 Å². The number of carbonyl (C=O) groups excluding carboxylic acids is 2. The van der Waals surface area contributed by atoms with Crippen LogP contribution in [0.2, 0.25) is 0 Å². The van der Waals surface area contributed by atoms with Crippen molar-refractivity contribution in [2.75, 3.05) is 0 Å². The molecule has 1 saturated carbocycles. The molecule has 2 rings (SSSR count). The Balaban J connectivity index is 2.11. The first-order valence-corrected chi connectivity index (χ1v) is 6.16. The lowest BCUT2D eigenvalue weighted by molar-refractivity contribution is -0.128. The lowest BCUT2D eigenvalue weighted by Gasteiger charge is -2.16. The molecule has 102 valence electrons. The van der Waals surface area contributed by atoms with Gasteiger partial charge in [0.15, 0.2) is 0 Å². The standard InChI is InChI=1S/C14H17FN2O2/c1-14(2)7-10(14)13(19)17-11(12(16)18)8-3-5-9(15)6-4-8/h3-6,10-11H,7H2,1-2H3,(H2,16,18)(H,17,19)/t10-,11+/m0/s1. The maximum atomic E-state index is 12.9. The van der Waals surface area contributed by atoms with E-state index in [9.17, 15) is 14.0 Å². The Morgan fingerprint density at radius 3 is 2.32 bits per heavy atom. The van der Waals surface area contributed by atoms with E-state index in [1.165, 1.54) is 24.3 Å². The normalized spacial score (nSPS) is 21.5. The SMILES string of the molecule is CC1(C)C[C@H]1C(=O)N[C@@H](C(N)=O)c1ccc(F)cc1. The van der Waals surface area contributed by atoms with Gasteiger partial charge in [0.25, 0.3) is 0 Å². The number of rotatable bonds is 4. The number of halogens is 1. The van der Waals surface area contributed by atoms with Crippen LogP contribution in [0.15, 0.2) is 24.3 Å². The molecule has 0 bridgehead atoms. The Morgan fingerprint density at radius 1 is 1.37 bits per heavy atom. The zero-order chi connectivity index (χ0) is 14.2. The van der Waals surface area contributed by atoms with Gasteiger partial charge in [-0.2, -0.15) is 0 Å². The second-order valence-electron chi connectivity index (χ2n) is 5.64. The van der Waals surface area contributed by atoms with Crippen LogP contribution in [0.4, 0.5) is 4.39 Å². The fourth-order valence-electron chi connectivity index (χ4n) is 2.13. The van der Waals surface area contributed by atoms with Crippen molar-refractivity contribution in [3.8, 4) is 0 Å². The number of amides is 2. The summed E-state index contributed by atoms with van der Waals surface area (Å²) in [6, 6.07) is 4.45. The van der Waals surface area contributed by atoms with Crippen molar-refractivity contribution >= 4 is 11.8 Å². The highest BCUT2D eigenvalue weighted by Gasteiger charge is 2.51. The number of nitrogens with one attached hydrogen (secondary N) is 1. The highest BCUT2D eigenvalue weighted by molar-refractivity contribution is 5.90. The van der Waals surface area contributed by atoms with Gasteiger partial charge in [-0.05, 0) is 29.5 Å². The predicted molar refractivity (Wildman–Crippen MR) is 68.4 cm³/mol. The molecule has 1 aromatic rings. The molecule has 1 aromatic carbocycles. The Hall–Kier alpha value is -1.91. The Labute approximate surface area is 111 Å². The van der Waals surface area contributed by atoms with E-state index in [1.807, 2.05) is 13.8 Å². The van der Waals surface area contributed by atoms with E-state index in [4.69, 9.17) is 5.73 Å². The molecule has 0 unspecified atom stereocenters. The molecule has 2 amide bonds. The van der Waals surface area contributed by atoms with Crippen LogP contribution in [0.1, 0.15) is 31.9 Å². The molecule has 1 fully saturated rings. The third kappa shape index (κ3) is 2.92. The van der Waals surface area contributed by atoms with Crippen LogP contribution >= 0.6 is 0 Å². The molecule has 2 atom stereocenters. The molecular weight excluding hydrogens is 247 g/mol. The van der Waals surface area contributed by atoms with Gasteiger partial charge in [-0.3, -0.25) is 9.59 Å². The van der Waals surface area contributed by atoms with Crippen molar-refractivity contribution in [1.82, 2.24) is 5.32 Å². The fourth-order valence-corrected chi connectivity index (χ4v) is 2.13. The first-order chi connectivity index (χ1) is 8.81. The third-order valence-electron chi connectivity index (χ3n) is 3.60. The van der Waals surface area contributed by atoms with Gasteiger partial charge in [0.2, 0.25) is 11.8 Å². The third-order valence-corrected chi connectivity index (χ3v) is 3.60. The van der Waals surface area contributed by atoms with Crippen LogP contribution in [0, 0.1) is 17.2 Å².